The summed E-state index contributed by atoms with van der Waals surface area (Å²) in [5.41, 5.74) is 17.1. The Morgan fingerprint density at radius 3 is 2.35 bits per heavy atom. The molecule has 0 bridgehead atoms. The highest BCUT2D eigenvalue weighted by Crippen LogP contribution is 2.23. The van der Waals surface area contributed by atoms with Gasteiger partial charge in [0, 0.05) is 31.3 Å². The van der Waals surface area contributed by atoms with Crippen LogP contribution in [0.4, 0.5) is 0 Å². The molecule has 19 heteroatoms. The Morgan fingerprint density at radius 1 is 1.00 bits per heavy atom. The van der Waals surface area contributed by atoms with E-state index in [2.05, 4.69) is 32.8 Å². The van der Waals surface area contributed by atoms with Crippen molar-refractivity contribution in [1.29, 1.82) is 0 Å². The maximum atomic E-state index is 14.0. The van der Waals surface area contributed by atoms with Crippen LogP contribution in [0.1, 0.15) is 70.4 Å². The summed E-state index contributed by atoms with van der Waals surface area (Å²) >= 11 is 0. The number of hydrogen-bond donors (Lipinski definition) is 10. The van der Waals surface area contributed by atoms with Gasteiger partial charge in [0.2, 0.25) is 35.4 Å². The Hall–Kier alpha value is -4.17. The van der Waals surface area contributed by atoms with Gasteiger partial charge in [0.15, 0.2) is 12.3 Å². The zero-order valence-electron chi connectivity index (χ0n) is 27.5. The Morgan fingerprint density at radius 2 is 1.71 bits per heavy atom. The number of amides is 6. The number of hydrogen-bond acceptors (Lipinski definition) is 12. The highest BCUT2D eigenvalue weighted by molar-refractivity contribution is 5.95. The number of H-pyrrole nitrogens is 1. The standard InChI is InChI=1S/C30H49N9O10/c1-2-3-4-5-7-16(31)26(45)36-17(9-10-20(32)40)27(46)37-18(12-15-13-34-14-35-15)30(48)39-11-6-8-19(39)28(47)38-29-23(43)21(41)22(42)24(49-29)25(33)44/h13-14,16-19,21-24,29,41-43H,2-12,31H2,1H3,(H2,32,40)(H2,33,44)(H,34,35)(H,36,45)(H,37,46)(H,38,47)/t16?,17-,18-,19-,21-,22-,23+,24-,29?/m0/s1. The van der Waals surface area contributed by atoms with Gasteiger partial charge in [0.1, 0.15) is 36.4 Å². The first-order valence-corrected chi connectivity index (χ1v) is 16.5. The summed E-state index contributed by atoms with van der Waals surface area (Å²) in [4.78, 5) is 85.2. The third-order valence-electron chi connectivity index (χ3n) is 8.63. The van der Waals surface area contributed by atoms with E-state index >= 15 is 0 Å². The number of ether oxygens (including phenoxy) is 1. The molecule has 0 spiro atoms. The van der Waals surface area contributed by atoms with Crippen molar-refractivity contribution in [2.24, 2.45) is 17.2 Å². The molecule has 0 radical (unpaired) electrons. The highest BCUT2D eigenvalue weighted by Gasteiger charge is 2.48. The zero-order valence-corrected chi connectivity index (χ0v) is 27.5. The van der Waals surface area contributed by atoms with E-state index in [1.807, 2.05) is 0 Å². The summed E-state index contributed by atoms with van der Waals surface area (Å²) < 4.78 is 5.27. The van der Waals surface area contributed by atoms with Gasteiger partial charge < -0.3 is 63.1 Å². The number of carbonyl (C=O) groups is 6. The molecular formula is C30H49N9O10. The fourth-order valence-electron chi connectivity index (χ4n) is 5.82. The zero-order chi connectivity index (χ0) is 36.2. The van der Waals surface area contributed by atoms with Gasteiger partial charge >= 0.3 is 0 Å². The van der Waals surface area contributed by atoms with Crippen LogP contribution in [0, 0.1) is 0 Å². The van der Waals surface area contributed by atoms with E-state index in [-0.39, 0.29) is 32.2 Å². The summed E-state index contributed by atoms with van der Waals surface area (Å²) in [6.45, 7) is 2.16. The summed E-state index contributed by atoms with van der Waals surface area (Å²) in [7, 11) is 0. The van der Waals surface area contributed by atoms with E-state index in [1.54, 1.807) is 0 Å². The van der Waals surface area contributed by atoms with Crippen LogP contribution in [0.2, 0.25) is 0 Å². The number of primary amides is 2. The van der Waals surface area contributed by atoms with E-state index < -0.39 is 90.3 Å². The number of nitrogens with two attached hydrogens (primary N) is 3. The van der Waals surface area contributed by atoms with Crippen molar-refractivity contribution in [2.75, 3.05) is 6.54 Å². The van der Waals surface area contributed by atoms with Crippen LogP contribution < -0.4 is 33.2 Å². The number of rotatable bonds is 18. The lowest BCUT2D eigenvalue weighted by Crippen LogP contribution is -2.66. The molecule has 2 aliphatic heterocycles. The highest BCUT2D eigenvalue weighted by atomic mass is 16.6. The number of nitrogens with one attached hydrogen (secondary N) is 4. The van der Waals surface area contributed by atoms with Gasteiger partial charge in [-0.1, -0.05) is 32.6 Å². The molecule has 2 unspecified atom stereocenters. The fraction of sp³-hybridized carbons (Fsp3) is 0.700. The quantitative estimate of drug-likeness (QED) is 0.0655. The largest absolute Gasteiger partial charge is 0.387 e. The molecule has 274 valence electrons. The molecule has 1 aromatic heterocycles. The normalized spacial score (nSPS) is 25.5. The maximum absolute atomic E-state index is 14.0. The number of unbranched alkanes of at least 4 members (excludes halogenated alkanes) is 3. The van der Waals surface area contributed by atoms with Gasteiger partial charge in [-0.2, -0.15) is 0 Å². The number of likely N-dealkylation sites (tertiary alicyclic amines) is 1. The molecule has 0 saturated carbocycles. The Balaban J connectivity index is 1.76. The number of imidazole rings is 1. The van der Waals surface area contributed by atoms with Crippen LogP contribution in [0.3, 0.4) is 0 Å². The van der Waals surface area contributed by atoms with Crippen molar-refractivity contribution in [3.05, 3.63) is 18.2 Å². The lowest BCUT2D eigenvalue weighted by Gasteiger charge is -2.40. The van der Waals surface area contributed by atoms with Gasteiger partial charge in [-0.05, 0) is 25.7 Å². The third kappa shape index (κ3) is 10.9. The lowest BCUT2D eigenvalue weighted by molar-refractivity contribution is -0.226. The van der Waals surface area contributed by atoms with Gasteiger partial charge in [-0.25, -0.2) is 4.98 Å². The smallest absolute Gasteiger partial charge is 0.249 e. The van der Waals surface area contributed by atoms with Crippen LogP contribution in [-0.4, -0.2) is 127 Å². The second-order valence-corrected chi connectivity index (χ2v) is 12.4. The summed E-state index contributed by atoms with van der Waals surface area (Å²) in [6.07, 6.45) is -2.01. The van der Waals surface area contributed by atoms with E-state index in [9.17, 15) is 44.1 Å². The second kappa shape index (κ2) is 18.6. The molecule has 2 saturated heterocycles. The van der Waals surface area contributed by atoms with E-state index in [0.717, 1.165) is 19.3 Å². The van der Waals surface area contributed by atoms with E-state index in [0.29, 0.717) is 25.0 Å². The molecule has 0 aromatic carbocycles. The molecular weight excluding hydrogens is 646 g/mol. The van der Waals surface area contributed by atoms with Crippen LogP contribution in [0.15, 0.2) is 12.5 Å². The predicted molar refractivity (Wildman–Crippen MR) is 170 cm³/mol. The van der Waals surface area contributed by atoms with Crippen molar-refractivity contribution in [1.82, 2.24) is 30.8 Å². The SMILES string of the molecule is CCCCCCC(N)C(=O)N[C@@H](CCC(N)=O)C(=O)N[C@@H](Cc1cnc[nH]1)C(=O)N1CCC[C@H]1C(=O)NC1O[C@H](C(N)=O)[C@@H](O)[C@H](O)[C@H]1O. The van der Waals surface area contributed by atoms with Gasteiger partial charge in [0.25, 0.3) is 0 Å². The van der Waals surface area contributed by atoms with Crippen molar-refractivity contribution >= 4 is 35.4 Å². The number of aliphatic hydroxyl groups is 3. The molecule has 3 rings (SSSR count). The monoisotopic (exact) mass is 695 g/mol. The topological polar surface area (TPSA) is 318 Å². The minimum atomic E-state index is -1.87. The van der Waals surface area contributed by atoms with Crippen LogP contribution in [-0.2, 0) is 39.9 Å². The molecule has 3 heterocycles. The van der Waals surface area contributed by atoms with Crippen molar-refractivity contribution in [3.63, 3.8) is 0 Å². The second-order valence-electron chi connectivity index (χ2n) is 12.4. The minimum absolute atomic E-state index is 0.0857. The molecule has 13 N–H and O–H groups in total. The van der Waals surface area contributed by atoms with Crippen molar-refractivity contribution < 1.29 is 48.8 Å². The molecule has 19 nitrogen and oxygen atoms in total. The minimum Gasteiger partial charge on any atom is -0.387 e. The summed E-state index contributed by atoms with van der Waals surface area (Å²) in [5.74, 6) is -4.68. The van der Waals surface area contributed by atoms with E-state index in [4.69, 9.17) is 21.9 Å². The van der Waals surface area contributed by atoms with Gasteiger partial charge in [0.05, 0.1) is 12.4 Å². The molecule has 2 aliphatic rings. The lowest BCUT2D eigenvalue weighted by atomic mass is 9.97. The van der Waals surface area contributed by atoms with Gasteiger partial charge in [-0.15, -0.1) is 0 Å². The first kappa shape index (κ1) is 39.3. The maximum Gasteiger partial charge on any atom is 0.249 e. The predicted octanol–water partition coefficient (Wildman–Crippen LogP) is -4.11. The number of aliphatic hydroxyl groups excluding tert-OH is 3. The Labute approximate surface area is 283 Å². The first-order valence-electron chi connectivity index (χ1n) is 16.5. The van der Waals surface area contributed by atoms with Crippen molar-refractivity contribution in [2.45, 2.75) is 126 Å². The number of carbonyl (C=O) groups excluding carboxylic acids is 6. The Kier molecular flexibility index (Phi) is 14.9. The Bertz CT molecular complexity index is 1300. The van der Waals surface area contributed by atoms with Crippen LogP contribution in [0.25, 0.3) is 0 Å². The first-order chi connectivity index (χ1) is 23.2. The summed E-state index contributed by atoms with van der Waals surface area (Å²) in [6, 6.07) is -4.55. The number of aromatic nitrogens is 2. The summed E-state index contributed by atoms with van der Waals surface area (Å²) in [5, 5.41) is 38.2. The average molecular weight is 696 g/mol. The number of nitrogens with zero attached hydrogens (tertiary/aromatic N) is 2. The van der Waals surface area contributed by atoms with Gasteiger partial charge in [-0.3, -0.25) is 28.8 Å². The third-order valence-corrected chi connectivity index (χ3v) is 8.63. The molecule has 6 amide bonds. The molecule has 0 aliphatic carbocycles. The molecule has 49 heavy (non-hydrogen) atoms. The molecule has 1 aromatic rings. The van der Waals surface area contributed by atoms with Crippen LogP contribution in [0.5, 0.6) is 0 Å². The fourth-order valence-corrected chi connectivity index (χ4v) is 5.82. The number of aromatic amines is 1. The average Bonchev–Trinajstić information content (AvgIpc) is 3.77. The molecule has 9 atom stereocenters. The van der Waals surface area contributed by atoms with Crippen LogP contribution >= 0.6 is 0 Å². The van der Waals surface area contributed by atoms with Crippen molar-refractivity contribution in [3.8, 4) is 0 Å². The van der Waals surface area contributed by atoms with E-state index in [1.165, 1.54) is 17.4 Å². The molecule has 2 fully saturated rings.